The number of aryl methyl sites for hydroxylation is 3. The van der Waals surface area contributed by atoms with Crippen LogP contribution in [0.3, 0.4) is 0 Å². The molecule has 164 valence electrons. The molecule has 4 aromatic rings. The maximum Gasteiger partial charge on any atom is 0.276 e. The molecule has 0 unspecified atom stereocenters. The third-order valence-electron chi connectivity index (χ3n) is 5.80. The van der Waals surface area contributed by atoms with Gasteiger partial charge in [0.15, 0.2) is 0 Å². The molecule has 0 atom stereocenters. The van der Waals surface area contributed by atoms with Crippen molar-refractivity contribution in [3.8, 4) is 5.69 Å². The smallest absolute Gasteiger partial charge is 0.276 e. The van der Waals surface area contributed by atoms with Gasteiger partial charge in [-0.2, -0.15) is 13.5 Å². The molecular formula is C26H27N3O2S. The van der Waals surface area contributed by atoms with Crippen LogP contribution in [0, 0.1) is 20.8 Å². The second-order valence-electron chi connectivity index (χ2n) is 7.96. The number of nitrogens with one attached hydrogen (secondary N) is 1. The lowest BCUT2D eigenvalue weighted by Crippen LogP contribution is -2.18. The average molecular weight is 446 g/mol. The summed E-state index contributed by atoms with van der Waals surface area (Å²) < 4.78 is 27.7. The van der Waals surface area contributed by atoms with Crippen molar-refractivity contribution in [1.29, 1.82) is 0 Å². The molecule has 0 saturated heterocycles. The maximum atomic E-state index is 12.7. The summed E-state index contributed by atoms with van der Waals surface area (Å²) in [5.41, 5.74) is 6.61. The largest absolute Gasteiger partial charge is 0.317 e. The lowest BCUT2D eigenvalue weighted by Gasteiger charge is -2.17. The van der Waals surface area contributed by atoms with E-state index < -0.39 is 10.0 Å². The number of sulfonamides is 1. The summed E-state index contributed by atoms with van der Waals surface area (Å²) in [6, 6.07) is 21.1. The molecule has 0 spiro atoms. The monoisotopic (exact) mass is 445 g/mol. The number of hydrazone groups is 1. The van der Waals surface area contributed by atoms with Gasteiger partial charge in [0.2, 0.25) is 0 Å². The van der Waals surface area contributed by atoms with Crippen LogP contribution in [0.5, 0.6) is 0 Å². The van der Waals surface area contributed by atoms with Crippen molar-refractivity contribution in [2.45, 2.75) is 39.0 Å². The van der Waals surface area contributed by atoms with Gasteiger partial charge < -0.3 is 4.57 Å². The second-order valence-corrected chi connectivity index (χ2v) is 9.62. The summed E-state index contributed by atoms with van der Waals surface area (Å²) in [6.07, 6.45) is 2.50. The Morgan fingerprint density at radius 2 is 1.69 bits per heavy atom. The van der Waals surface area contributed by atoms with Gasteiger partial charge >= 0.3 is 0 Å². The van der Waals surface area contributed by atoms with Crippen molar-refractivity contribution in [1.82, 2.24) is 9.40 Å². The Bertz CT molecular complexity index is 1430. The molecule has 0 radical (unpaired) electrons. The highest BCUT2D eigenvalue weighted by molar-refractivity contribution is 7.89. The van der Waals surface area contributed by atoms with E-state index in [1.54, 1.807) is 24.4 Å². The normalized spacial score (nSPS) is 12.0. The molecule has 3 aromatic carbocycles. The fourth-order valence-electron chi connectivity index (χ4n) is 4.14. The highest BCUT2D eigenvalue weighted by Crippen LogP contribution is 2.26. The molecule has 0 fully saturated rings. The Kier molecular flexibility index (Phi) is 5.89. The zero-order valence-electron chi connectivity index (χ0n) is 18.8. The molecule has 0 aliphatic rings. The zero-order chi connectivity index (χ0) is 22.9. The van der Waals surface area contributed by atoms with Gasteiger partial charge in [0, 0.05) is 17.0 Å². The van der Waals surface area contributed by atoms with Crippen molar-refractivity contribution in [2.75, 3.05) is 0 Å². The molecule has 1 heterocycles. The number of aromatic nitrogens is 1. The van der Waals surface area contributed by atoms with Gasteiger partial charge in [0.05, 0.1) is 16.8 Å². The van der Waals surface area contributed by atoms with E-state index in [-0.39, 0.29) is 4.90 Å². The lowest BCUT2D eigenvalue weighted by molar-refractivity contribution is 0.585. The van der Waals surface area contributed by atoms with Gasteiger partial charge in [-0.15, -0.1) is 0 Å². The van der Waals surface area contributed by atoms with E-state index in [0.717, 1.165) is 34.1 Å². The van der Waals surface area contributed by atoms with Crippen molar-refractivity contribution >= 4 is 27.0 Å². The Hall–Kier alpha value is -3.38. The zero-order valence-corrected chi connectivity index (χ0v) is 19.6. The second kappa shape index (κ2) is 8.63. The molecule has 32 heavy (non-hydrogen) atoms. The first-order valence-corrected chi connectivity index (χ1v) is 12.1. The van der Waals surface area contributed by atoms with Crippen LogP contribution in [0.2, 0.25) is 0 Å². The highest BCUT2D eigenvalue weighted by atomic mass is 32.2. The van der Waals surface area contributed by atoms with Crippen molar-refractivity contribution in [3.05, 3.63) is 94.8 Å². The Balaban J connectivity index is 1.62. The molecule has 6 heteroatoms. The molecule has 0 amide bonds. The standard InChI is InChI=1S/C26H27N3O2S/c1-5-21-12-8-9-18(2)26(21)29-19(3)15-24(20(29)4)17-27-28-32(30,31)25-14-13-22-10-6-7-11-23(22)16-25/h6-17,28H,5H2,1-4H3/b27-17+. The quantitative estimate of drug-likeness (QED) is 0.318. The Morgan fingerprint density at radius 1 is 0.938 bits per heavy atom. The summed E-state index contributed by atoms with van der Waals surface area (Å²) in [6.45, 7) is 8.34. The average Bonchev–Trinajstić information content (AvgIpc) is 3.06. The van der Waals surface area contributed by atoms with Crippen molar-refractivity contribution in [3.63, 3.8) is 0 Å². The fraction of sp³-hybridized carbons (Fsp3) is 0.192. The number of rotatable bonds is 6. The molecule has 0 bridgehead atoms. The van der Waals surface area contributed by atoms with Crippen LogP contribution in [-0.2, 0) is 16.4 Å². The van der Waals surface area contributed by atoms with E-state index in [0.29, 0.717) is 0 Å². The summed E-state index contributed by atoms with van der Waals surface area (Å²) >= 11 is 0. The minimum Gasteiger partial charge on any atom is -0.317 e. The minimum absolute atomic E-state index is 0.186. The summed E-state index contributed by atoms with van der Waals surface area (Å²) in [7, 11) is -3.76. The van der Waals surface area contributed by atoms with E-state index in [2.05, 4.69) is 53.5 Å². The van der Waals surface area contributed by atoms with Crippen LogP contribution in [0.15, 0.2) is 76.7 Å². The first-order valence-electron chi connectivity index (χ1n) is 10.6. The topological polar surface area (TPSA) is 63.5 Å². The van der Waals surface area contributed by atoms with Crippen LogP contribution >= 0.6 is 0 Å². The third kappa shape index (κ3) is 4.06. The number of benzene rings is 3. The molecule has 1 N–H and O–H groups in total. The number of para-hydroxylation sites is 1. The van der Waals surface area contributed by atoms with E-state index >= 15 is 0 Å². The predicted octanol–water partition coefficient (Wildman–Crippen LogP) is 5.43. The molecule has 5 nitrogen and oxygen atoms in total. The highest BCUT2D eigenvalue weighted by Gasteiger charge is 2.16. The van der Waals surface area contributed by atoms with E-state index in [1.807, 2.05) is 37.3 Å². The van der Waals surface area contributed by atoms with Crippen LogP contribution in [0.4, 0.5) is 0 Å². The van der Waals surface area contributed by atoms with Gasteiger partial charge in [-0.3, -0.25) is 0 Å². The van der Waals surface area contributed by atoms with E-state index in [4.69, 9.17) is 0 Å². The first kappa shape index (κ1) is 21.8. The van der Waals surface area contributed by atoms with Crippen LogP contribution in [0.25, 0.3) is 16.5 Å². The Morgan fingerprint density at radius 3 is 2.44 bits per heavy atom. The van der Waals surface area contributed by atoms with Gasteiger partial charge in [0.1, 0.15) is 0 Å². The van der Waals surface area contributed by atoms with E-state index in [1.165, 1.54) is 16.8 Å². The number of nitrogens with zero attached hydrogens (tertiary/aromatic N) is 2. The molecule has 4 rings (SSSR count). The number of hydrogen-bond donors (Lipinski definition) is 1. The number of fused-ring (bicyclic) bond motifs is 1. The van der Waals surface area contributed by atoms with Gasteiger partial charge in [0.25, 0.3) is 10.0 Å². The molecule has 0 saturated carbocycles. The van der Waals surface area contributed by atoms with Gasteiger partial charge in [-0.05, 0) is 67.3 Å². The minimum atomic E-state index is -3.76. The molecule has 0 aliphatic heterocycles. The maximum absolute atomic E-state index is 12.7. The van der Waals surface area contributed by atoms with E-state index in [9.17, 15) is 8.42 Å². The summed E-state index contributed by atoms with van der Waals surface area (Å²) in [5, 5.41) is 5.93. The Labute approximate surface area is 189 Å². The lowest BCUT2D eigenvalue weighted by atomic mass is 10.1. The van der Waals surface area contributed by atoms with Crippen molar-refractivity contribution in [2.24, 2.45) is 5.10 Å². The first-order chi connectivity index (χ1) is 15.3. The summed E-state index contributed by atoms with van der Waals surface area (Å²) in [5.74, 6) is 0. The third-order valence-corrected chi connectivity index (χ3v) is 7.02. The van der Waals surface area contributed by atoms with Gasteiger partial charge in [-0.1, -0.05) is 55.5 Å². The predicted molar refractivity (Wildman–Crippen MR) is 131 cm³/mol. The molecule has 1 aromatic heterocycles. The number of hydrogen-bond acceptors (Lipinski definition) is 3. The molecule has 0 aliphatic carbocycles. The summed E-state index contributed by atoms with van der Waals surface area (Å²) in [4.78, 5) is 2.54. The SMILES string of the molecule is CCc1cccc(C)c1-n1c(C)cc(/C=N/NS(=O)(=O)c2ccc3ccccc3c2)c1C. The van der Waals surface area contributed by atoms with Crippen LogP contribution in [-0.4, -0.2) is 19.2 Å². The van der Waals surface area contributed by atoms with Crippen LogP contribution < -0.4 is 4.83 Å². The van der Waals surface area contributed by atoms with Gasteiger partial charge in [-0.25, -0.2) is 4.83 Å². The van der Waals surface area contributed by atoms with Crippen molar-refractivity contribution < 1.29 is 8.42 Å². The molecular weight excluding hydrogens is 418 g/mol. The van der Waals surface area contributed by atoms with Crippen LogP contribution in [0.1, 0.15) is 35.0 Å². The fourth-order valence-corrected chi connectivity index (χ4v) is 4.97.